The summed E-state index contributed by atoms with van der Waals surface area (Å²) in [7, 11) is 0. The van der Waals surface area contributed by atoms with Crippen molar-refractivity contribution in [3.8, 4) is 11.3 Å². The molecule has 2 aromatic carbocycles. The molecule has 0 bridgehead atoms. The first kappa shape index (κ1) is 18.1. The number of nitrogens with zero attached hydrogens (tertiary/aromatic N) is 3. The summed E-state index contributed by atoms with van der Waals surface area (Å²) in [5.74, 6) is 1.14. The number of benzene rings is 2. The Hall–Kier alpha value is -2.92. The average molecular weight is 387 g/mol. The smallest absolute Gasteiger partial charge is 0.227 e. The Labute approximate surface area is 170 Å². The topological polar surface area (TPSA) is 47.4 Å². The number of carbonyl (C=O) groups excluding carboxylic acids is 1. The highest BCUT2D eigenvalue weighted by Gasteiger charge is 2.44. The van der Waals surface area contributed by atoms with Crippen molar-refractivity contribution in [2.75, 3.05) is 13.1 Å². The maximum Gasteiger partial charge on any atom is 0.227 e. The molecule has 1 saturated heterocycles. The summed E-state index contributed by atoms with van der Waals surface area (Å²) in [5.41, 5.74) is 4.23. The number of rotatable bonds is 3. The lowest BCUT2D eigenvalue weighted by molar-refractivity contribution is -0.132. The number of hydrogen-bond acceptors (Lipinski definition) is 3. The molecule has 1 unspecified atom stereocenters. The largest absolute Gasteiger partial charge is 0.363 e. The molecule has 29 heavy (non-hydrogen) atoms. The van der Waals surface area contributed by atoms with Crippen LogP contribution in [0.3, 0.4) is 0 Å². The van der Waals surface area contributed by atoms with Crippen LogP contribution in [0.5, 0.6) is 0 Å². The van der Waals surface area contributed by atoms with Crippen LogP contribution in [0.2, 0.25) is 0 Å². The molecule has 1 amide bonds. The van der Waals surface area contributed by atoms with E-state index in [0.29, 0.717) is 19.6 Å². The van der Waals surface area contributed by atoms with Gasteiger partial charge in [0, 0.05) is 6.54 Å². The van der Waals surface area contributed by atoms with E-state index in [1.807, 2.05) is 47.5 Å². The second-order valence-corrected chi connectivity index (χ2v) is 8.15. The Morgan fingerprint density at radius 3 is 2.72 bits per heavy atom. The Morgan fingerprint density at radius 2 is 1.90 bits per heavy atom. The molecule has 1 atom stereocenters. The van der Waals surface area contributed by atoms with Crippen LogP contribution in [0.15, 0.2) is 60.8 Å². The van der Waals surface area contributed by atoms with Crippen LogP contribution in [0.4, 0.5) is 0 Å². The van der Waals surface area contributed by atoms with Crippen molar-refractivity contribution in [1.29, 1.82) is 0 Å². The molecule has 2 aliphatic heterocycles. The van der Waals surface area contributed by atoms with Gasteiger partial charge in [-0.25, -0.2) is 4.98 Å². The van der Waals surface area contributed by atoms with Crippen LogP contribution >= 0.6 is 0 Å². The van der Waals surface area contributed by atoms with Crippen molar-refractivity contribution in [3.05, 3.63) is 77.7 Å². The number of amides is 1. The summed E-state index contributed by atoms with van der Waals surface area (Å²) in [6.45, 7) is 4.68. The molecule has 0 aliphatic carbocycles. The van der Waals surface area contributed by atoms with Crippen molar-refractivity contribution in [3.63, 3.8) is 0 Å². The number of fused-ring (bicyclic) bond motifs is 1. The molecule has 0 radical (unpaired) electrons. The Bertz CT molecular complexity index is 1040. The van der Waals surface area contributed by atoms with Crippen molar-refractivity contribution < 1.29 is 9.53 Å². The third-order valence-corrected chi connectivity index (χ3v) is 6.23. The predicted molar refractivity (Wildman–Crippen MR) is 111 cm³/mol. The van der Waals surface area contributed by atoms with E-state index >= 15 is 0 Å². The predicted octanol–water partition coefficient (Wildman–Crippen LogP) is 3.60. The van der Waals surface area contributed by atoms with Gasteiger partial charge in [0.25, 0.3) is 0 Å². The van der Waals surface area contributed by atoms with E-state index < -0.39 is 0 Å². The van der Waals surface area contributed by atoms with Gasteiger partial charge in [-0.05, 0) is 30.0 Å². The van der Waals surface area contributed by atoms with E-state index in [0.717, 1.165) is 42.2 Å². The Balaban J connectivity index is 1.33. The maximum absolute atomic E-state index is 12.9. The van der Waals surface area contributed by atoms with Gasteiger partial charge in [-0.3, -0.25) is 4.79 Å². The van der Waals surface area contributed by atoms with Crippen LogP contribution in [-0.4, -0.2) is 39.0 Å². The average Bonchev–Trinajstić information content (AvgIpc) is 3.35. The lowest BCUT2D eigenvalue weighted by atomic mass is 10.0. The van der Waals surface area contributed by atoms with Crippen LogP contribution < -0.4 is 0 Å². The number of hydrogen-bond donors (Lipinski definition) is 0. The number of aryl methyl sites for hydroxylation is 1. The summed E-state index contributed by atoms with van der Waals surface area (Å²) in [4.78, 5) is 19.5. The van der Waals surface area contributed by atoms with Gasteiger partial charge in [0.2, 0.25) is 5.91 Å². The van der Waals surface area contributed by atoms with Gasteiger partial charge in [-0.2, -0.15) is 0 Å². The minimum absolute atomic E-state index is 0.180. The molecule has 5 nitrogen and oxygen atoms in total. The van der Waals surface area contributed by atoms with Gasteiger partial charge in [0.1, 0.15) is 18.0 Å². The van der Waals surface area contributed by atoms with E-state index in [-0.39, 0.29) is 11.5 Å². The number of aromatic nitrogens is 2. The summed E-state index contributed by atoms with van der Waals surface area (Å²) >= 11 is 0. The van der Waals surface area contributed by atoms with Crippen molar-refractivity contribution >= 4 is 5.91 Å². The van der Waals surface area contributed by atoms with Gasteiger partial charge in [0.15, 0.2) is 0 Å². The van der Waals surface area contributed by atoms with E-state index in [9.17, 15) is 4.79 Å². The minimum atomic E-state index is -0.321. The monoisotopic (exact) mass is 387 g/mol. The number of likely N-dealkylation sites (tertiary alicyclic amines) is 1. The molecule has 148 valence electrons. The van der Waals surface area contributed by atoms with Crippen molar-refractivity contribution in [2.45, 2.75) is 38.5 Å². The zero-order valence-corrected chi connectivity index (χ0v) is 16.7. The fraction of sp³-hybridized carbons (Fsp3) is 0.333. The molecule has 2 aliphatic rings. The zero-order chi connectivity index (χ0) is 19.8. The van der Waals surface area contributed by atoms with Crippen LogP contribution in [-0.2, 0) is 29.1 Å². The highest BCUT2D eigenvalue weighted by atomic mass is 16.5. The van der Waals surface area contributed by atoms with E-state index in [1.54, 1.807) is 0 Å². The third-order valence-electron chi connectivity index (χ3n) is 6.23. The van der Waals surface area contributed by atoms with Gasteiger partial charge in [-0.1, -0.05) is 54.6 Å². The molecular weight excluding hydrogens is 362 g/mol. The Morgan fingerprint density at radius 1 is 1.10 bits per heavy atom. The van der Waals surface area contributed by atoms with Crippen molar-refractivity contribution in [2.24, 2.45) is 0 Å². The van der Waals surface area contributed by atoms with E-state index in [2.05, 4.69) is 34.7 Å². The number of ether oxygens (including phenoxy) is 1. The van der Waals surface area contributed by atoms with Crippen LogP contribution in [0.25, 0.3) is 11.3 Å². The minimum Gasteiger partial charge on any atom is -0.363 e. The molecule has 1 fully saturated rings. The van der Waals surface area contributed by atoms with E-state index in [1.165, 1.54) is 5.56 Å². The molecule has 5 heteroatoms. The molecular formula is C24H25N3O2. The molecule has 5 rings (SSSR count). The van der Waals surface area contributed by atoms with Crippen LogP contribution in [0.1, 0.15) is 23.4 Å². The fourth-order valence-electron chi connectivity index (χ4n) is 4.48. The SMILES string of the molecule is Cc1ccccc1CC(=O)N1CCC2(C1)Cn1c(-c3ccccc3)cnc1CO2. The summed E-state index contributed by atoms with van der Waals surface area (Å²) in [5, 5.41) is 0. The first-order valence-corrected chi connectivity index (χ1v) is 10.2. The maximum atomic E-state index is 12.9. The molecule has 3 aromatic rings. The lowest BCUT2D eigenvalue weighted by Crippen LogP contribution is -2.45. The lowest BCUT2D eigenvalue weighted by Gasteiger charge is -2.35. The highest BCUT2D eigenvalue weighted by Crippen LogP contribution is 2.35. The second kappa shape index (κ2) is 7.16. The summed E-state index contributed by atoms with van der Waals surface area (Å²) in [6.07, 6.45) is 3.25. The van der Waals surface area contributed by atoms with Gasteiger partial charge in [-0.15, -0.1) is 0 Å². The number of imidazole rings is 1. The first-order valence-electron chi connectivity index (χ1n) is 10.2. The van der Waals surface area contributed by atoms with Gasteiger partial charge >= 0.3 is 0 Å². The molecule has 0 N–H and O–H groups in total. The second-order valence-electron chi connectivity index (χ2n) is 8.15. The molecule has 0 saturated carbocycles. The molecule has 1 spiro atoms. The molecule has 3 heterocycles. The molecule has 1 aromatic heterocycles. The third kappa shape index (κ3) is 3.36. The fourth-order valence-corrected chi connectivity index (χ4v) is 4.48. The quantitative estimate of drug-likeness (QED) is 0.690. The first-order chi connectivity index (χ1) is 14.1. The Kier molecular flexibility index (Phi) is 4.47. The summed E-state index contributed by atoms with van der Waals surface area (Å²) in [6, 6.07) is 18.4. The van der Waals surface area contributed by atoms with Gasteiger partial charge in [0.05, 0.1) is 31.4 Å². The highest BCUT2D eigenvalue weighted by molar-refractivity contribution is 5.79. The van der Waals surface area contributed by atoms with Gasteiger partial charge < -0.3 is 14.2 Å². The van der Waals surface area contributed by atoms with Crippen molar-refractivity contribution in [1.82, 2.24) is 14.5 Å². The standard InChI is InChI=1S/C24H25N3O2/c1-18-7-5-6-10-20(18)13-23(28)26-12-11-24(16-26)17-27-21(14-25-22(27)15-29-24)19-8-3-2-4-9-19/h2-10,14H,11-13,15-17H2,1H3. The number of carbonyl (C=O) groups is 1. The normalized spacial score (nSPS) is 20.8. The summed E-state index contributed by atoms with van der Waals surface area (Å²) < 4.78 is 8.55. The van der Waals surface area contributed by atoms with E-state index in [4.69, 9.17) is 4.74 Å². The van der Waals surface area contributed by atoms with Crippen LogP contribution in [0, 0.1) is 6.92 Å². The zero-order valence-electron chi connectivity index (χ0n) is 16.7.